The summed E-state index contributed by atoms with van der Waals surface area (Å²) in [6.45, 7) is 4.70. The second kappa shape index (κ2) is 3.11. The highest BCUT2D eigenvalue weighted by Gasteiger charge is 2.28. The van der Waals surface area contributed by atoms with Crippen LogP contribution in [0.15, 0.2) is 0 Å². The van der Waals surface area contributed by atoms with E-state index in [0.717, 1.165) is 0 Å². The molecule has 0 N–H and O–H groups in total. The van der Waals surface area contributed by atoms with Gasteiger partial charge in [-0.15, -0.1) is 0 Å². The maximum atomic E-state index is 5.82. The van der Waals surface area contributed by atoms with E-state index in [0.29, 0.717) is 12.3 Å². The molecule has 0 aliphatic carbocycles. The van der Waals surface area contributed by atoms with Crippen LogP contribution < -0.4 is 0 Å². The van der Waals surface area contributed by atoms with Gasteiger partial charge in [-0.3, -0.25) is 4.90 Å². The first-order chi connectivity index (χ1) is 5.36. The average molecular weight is 155 g/mol. The van der Waals surface area contributed by atoms with Gasteiger partial charge < -0.3 is 4.74 Å². The van der Waals surface area contributed by atoms with Crippen molar-refractivity contribution in [3.8, 4) is 0 Å². The highest BCUT2D eigenvalue weighted by atomic mass is 16.5. The normalized spacial score (nSPS) is 40.1. The number of hydrogen-bond donors (Lipinski definition) is 0. The van der Waals surface area contributed by atoms with Gasteiger partial charge in [0, 0.05) is 13.1 Å². The summed E-state index contributed by atoms with van der Waals surface area (Å²) in [5.41, 5.74) is 0. The molecule has 11 heavy (non-hydrogen) atoms. The molecule has 0 aromatic heterocycles. The first-order valence-electron chi connectivity index (χ1n) is 4.76. The minimum atomic E-state index is 0.465. The molecule has 2 atom stereocenters. The zero-order valence-corrected chi connectivity index (χ0v) is 7.25. The Kier molecular flexibility index (Phi) is 2.14. The summed E-state index contributed by atoms with van der Waals surface area (Å²) in [7, 11) is 0. The van der Waals surface area contributed by atoms with Crippen molar-refractivity contribution in [1.82, 2.24) is 4.90 Å². The van der Waals surface area contributed by atoms with Gasteiger partial charge in [0.1, 0.15) is 6.23 Å². The third-order valence-corrected chi connectivity index (χ3v) is 2.77. The van der Waals surface area contributed by atoms with E-state index in [2.05, 4.69) is 11.8 Å². The summed E-state index contributed by atoms with van der Waals surface area (Å²) in [5.74, 6) is 0. The fourth-order valence-corrected chi connectivity index (χ4v) is 2.05. The van der Waals surface area contributed by atoms with Crippen molar-refractivity contribution in [2.24, 2.45) is 0 Å². The number of ether oxygens (including phenoxy) is 1. The number of piperidine rings is 1. The molecule has 0 amide bonds. The molecule has 2 fully saturated rings. The summed E-state index contributed by atoms with van der Waals surface area (Å²) in [6.07, 6.45) is 6.16. The van der Waals surface area contributed by atoms with E-state index < -0.39 is 0 Å². The van der Waals surface area contributed by atoms with Crippen molar-refractivity contribution in [3.05, 3.63) is 0 Å². The molecule has 0 saturated carbocycles. The molecule has 0 spiro atoms. The fraction of sp³-hybridized carbons (Fsp3) is 1.00. The van der Waals surface area contributed by atoms with Gasteiger partial charge in [-0.1, -0.05) is 0 Å². The Labute approximate surface area is 68.5 Å². The maximum absolute atomic E-state index is 5.82. The van der Waals surface area contributed by atoms with Crippen LogP contribution in [-0.4, -0.2) is 30.3 Å². The first kappa shape index (κ1) is 7.56. The quantitative estimate of drug-likeness (QED) is 0.527. The molecule has 2 rings (SSSR count). The Hall–Kier alpha value is -0.0800. The second-order valence-corrected chi connectivity index (χ2v) is 3.72. The number of fused-ring (bicyclic) bond motifs is 1. The molecule has 0 aromatic rings. The zero-order valence-electron chi connectivity index (χ0n) is 7.25. The third-order valence-electron chi connectivity index (χ3n) is 2.77. The smallest absolute Gasteiger partial charge is 0.110 e. The SMILES string of the molecule is C[C@H]1CCN2CCCC[C@H]2O1. The largest absolute Gasteiger partial charge is 0.360 e. The monoisotopic (exact) mass is 155 g/mol. The Morgan fingerprint density at radius 1 is 1.18 bits per heavy atom. The lowest BCUT2D eigenvalue weighted by atomic mass is 10.1. The van der Waals surface area contributed by atoms with Crippen molar-refractivity contribution < 1.29 is 4.74 Å². The van der Waals surface area contributed by atoms with E-state index in [-0.39, 0.29) is 0 Å². The molecule has 2 aliphatic rings. The predicted molar refractivity (Wildman–Crippen MR) is 44.4 cm³/mol. The topological polar surface area (TPSA) is 12.5 Å². The maximum Gasteiger partial charge on any atom is 0.110 e. The van der Waals surface area contributed by atoms with E-state index in [4.69, 9.17) is 4.74 Å². The molecule has 2 heterocycles. The van der Waals surface area contributed by atoms with Crippen LogP contribution in [0.4, 0.5) is 0 Å². The van der Waals surface area contributed by atoms with Crippen molar-refractivity contribution in [1.29, 1.82) is 0 Å². The van der Waals surface area contributed by atoms with Crippen molar-refractivity contribution in [2.75, 3.05) is 13.1 Å². The van der Waals surface area contributed by atoms with E-state index >= 15 is 0 Å². The van der Waals surface area contributed by atoms with Crippen LogP contribution in [0.5, 0.6) is 0 Å². The molecule has 2 heteroatoms. The van der Waals surface area contributed by atoms with Gasteiger partial charge in [0.15, 0.2) is 0 Å². The van der Waals surface area contributed by atoms with Gasteiger partial charge >= 0.3 is 0 Å². The van der Waals surface area contributed by atoms with Gasteiger partial charge in [-0.05, 0) is 32.6 Å². The highest BCUT2D eigenvalue weighted by molar-refractivity contribution is 4.75. The highest BCUT2D eigenvalue weighted by Crippen LogP contribution is 2.24. The molecular formula is C9H17NO. The van der Waals surface area contributed by atoms with Crippen LogP contribution in [0.1, 0.15) is 32.6 Å². The van der Waals surface area contributed by atoms with Crippen molar-refractivity contribution in [2.45, 2.75) is 44.9 Å². The second-order valence-electron chi connectivity index (χ2n) is 3.72. The Balaban J connectivity index is 1.93. The first-order valence-corrected chi connectivity index (χ1v) is 4.76. The number of hydrogen-bond acceptors (Lipinski definition) is 2. The summed E-state index contributed by atoms with van der Waals surface area (Å²) in [6, 6.07) is 0. The van der Waals surface area contributed by atoms with E-state index in [1.54, 1.807) is 0 Å². The molecule has 0 unspecified atom stereocenters. The summed E-state index contributed by atoms with van der Waals surface area (Å²) < 4.78 is 5.82. The van der Waals surface area contributed by atoms with E-state index in [1.165, 1.54) is 38.8 Å². The molecule has 0 bridgehead atoms. The fourth-order valence-electron chi connectivity index (χ4n) is 2.05. The lowest BCUT2D eigenvalue weighted by molar-refractivity contribution is -0.147. The lowest BCUT2D eigenvalue weighted by Gasteiger charge is -2.41. The number of rotatable bonds is 0. The van der Waals surface area contributed by atoms with Gasteiger partial charge in [-0.25, -0.2) is 0 Å². The van der Waals surface area contributed by atoms with Crippen molar-refractivity contribution in [3.63, 3.8) is 0 Å². The van der Waals surface area contributed by atoms with Gasteiger partial charge in [0.05, 0.1) is 6.10 Å². The van der Waals surface area contributed by atoms with Crippen LogP contribution in [0, 0.1) is 0 Å². The predicted octanol–water partition coefficient (Wildman–Crippen LogP) is 1.61. The zero-order chi connectivity index (χ0) is 7.68. The summed E-state index contributed by atoms with van der Waals surface area (Å²) in [4.78, 5) is 2.49. The summed E-state index contributed by atoms with van der Waals surface area (Å²) in [5, 5.41) is 0. The lowest BCUT2D eigenvalue weighted by Crippen LogP contribution is -2.47. The molecule has 2 aliphatic heterocycles. The Morgan fingerprint density at radius 3 is 3.00 bits per heavy atom. The molecule has 2 saturated heterocycles. The van der Waals surface area contributed by atoms with E-state index in [1.807, 2.05) is 0 Å². The average Bonchev–Trinajstić information content (AvgIpc) is 2.04. The van der Waals surface area contributed by atoms with Gasteiger partial charge in [-0.2, -0.15) is 0 Å². The van der Waals surface area contributed by atoms with Crippen LogP contribution in [0.3, 0.4) is 0 Å². The molecule has 0 radical (unpaired) electrons. The third kappa shape index (κ3) is 1.57. The van der Waals surface area contributed by atoms with Crippen LogP contribution in [-0.2, 0) is 4.74 Å². The van der Waals surface area contributed by atoms with Crippen molar-refractivity contribution >= 4 is 0 Å². The molecule has 0 aromatic carbocycles. The van der Waals surface area contributed by atoms with Gasteiger partial charge in [0.2, 0.25) is 0 Å². The number of nitrogens with zero attached hydrogens (tertiary/aromatic N) is 1. The molecular weight excluding hydrogens is 138 g/mol. The van der Waals surface area contributed by atoms with Gasteiger partial charge in [0.25, 0.3) is 0 Å². The van der Waals surface area contributed by atoms with Crippen LogP contribution in [0.2, 0.25) is 0 Å². The van der Waals surface area contributed by atoms with Crippen LogP contribution in [0.25, 0.3) is 0 Å². The summed E-state index contributed by atoms with van der Waals surface area (Å²) >= 11 is 0. The Bertz CT molecular complexity index is 138. The minimum absolute atomic E-state index is 0.465. The standard InChI is InChI=1S/C9H17NO/c1-8-5-7-10-6-3-2-4-9(10)11-8/h8-9H,2-7H2,1H3/t8-,9+/m0/s1. The van der Waals surface area contributed by atoms with Crippen LogP contribution >= 0.6 is 0 Å². The molecule has 2 nitrogen and oxygen atoms in total. The Morgan fingerprint density at radius 2 is 2.09 bits per heavy atom. The van der Waals surface area contributed by atoms with E-state index in [9.17, 15) is 0 Å². The molecule has 64 valence electrons. The minimum Gasteiger partial charge on any atom is -0.360 e.